The van der Waals surface area contributed by atoms with Crippen molar-refractivity contribution in [2.75, 3.05) is 19.6 Å². The zero-order valence-corrected chi connectivity index (χ0v) is 15.6. The molecule has 0 bridgehead atoms. The number of hydrogen-bond donors (Lipinski definition) is 2. The minimum atomic E-state index is -4.74. The van der Waals surface area contributed by atoms with Crippen LogP contribution in [0.4, 0.5) is 18.0 Å². The molecule has 2 aliphatic rings. The summed E-state index contributed by atoms with van der Waals surface area (Å²) >= 11 is 0. The Morgan fingerprint density at radius 3 is 2.64 bits per heavy atom. The van der Waals surface area contributed by atoms with Crippen molar-refractivity contribution in [2.45, 2.75) is 50.4 Å². The Hall–Kier alpha value is -2.45. The minimum absolute atomic E-state index is 0.0147. The van der Waals surface area contributed by atoms with Gasteiger partial charge in [0.25, 0.3) is 0 Å². The highest BCUT2D eigenvalue weighted by molar-refractivity contribution is 5.76. The summed E-state index contributed by atoms with van der Waals surface area (Å²) in [6.07, 6.45) is -1.52. The summed E-state index contributed by atoms with van der Waals surface area (Å²) in [6, 6.07) is 5.54. The van der Waals surface area contributed by atoms with Crippen molar-refractivity contribution in [1.82, 2.24) is 15.5 Å². The molecule has 1 aliphatic heterocycles. The van der Waals surface area contributed by atoms with E-state index < -0.39 is 6.36 Å². The van der Waals surface area contributed by atoms with Gasteiger partial charge in [0, 0.05) is 38.0 Å². The van der Waals surface area contributed by atoms with Gasteiger partial charge in [-0.3, -0.25) is 4.79 Å². The number of benzene rings is 1. The number of amides is 3. The molecule has 3 rings (SSSR count). The molecule has 3 amide bonds. The summed E-state index contributed by atoms with van der Waals surface area (Å²) in [5.41, 5.74) is 0.341. The molecule has 9 heteroatoms. The lowest BCUT2D eigenvalue weighted by Crippen LogP contribution is -2.50. The van der Waals surface area contributed by atoms with Gasteiger partial charge in [0.2, 0.25) is 5.91 Å². The van der Waals surface area contributed by atoms with Gasteiger partial charge in [0.1, 0.15) is 5.75 Å². The van der Waals surface area contributed by atoms with E-state index in [9.17, 15) is 22.8 Å². The molecule has 0 unspecified atom stereocenters. The predicted octanol–water partition coefficient (Wildman–Crippen LogP) is 2.93. The lowest BCUT2D eigenvalue weighted by Gasteiger charge is -2.42. The molecule has 0 radical (unpaired) electrons. The number of carbonyl (C=O) groups is 2. The van der Waals surface area contributed by atoms with E-state index in [1.807, 2.05) is 0 Å². The number of urea groups is 1. The number of halogens is 3. The Morgan fingerprint density at radius 2 is 2.07 bits per heavy atom. The number of nitrogens with one attached hydrogen (secondary N) is 2. The molecule has 1 aromatic rings. The van der Waals surface area contributed by atoms with Crippen molar-refractivity contribution < 1.29 is 27.5 Å². The topological polar surface area (TPSA) is 70.7 Å². The fraction of sp³-hybridized carbons (Fsp3) is 0.579. The zero-order chi connectivity index (χ0) is 20.4. The summed E-state index contributed by atoms with van der Waals surface area (Å²) < 4.78 is 41.5. The maximum atomic E-state index is 12.5. The maximum absolute atomic E-state index is 12.5. The molecule has 1 aromatic carbocycles. The standard InChI is InChI=1S/C19H24F3N3O3/c1-13(26)25-9-6-15(11-25)24-17(27)23-12-18(7-3-8-18)14-4-2-5-16(10-14)28-19(20,21)22/h2,4-5,10,15H,3,6-9,11-12H2,1H3,(H2,23,24,27)/t15-/m1/s1. The van der Waals surface area contributed by atoms with Gasteiger partial charge >= 0.3 is 12.4 Å². The number of rotatable bonds is 5. The van der Waals surface area contributed by atoms with Crippen LogP contribution < -0.4 is 15.4 Å². The first-order chi connectivity index (χ1) is 13.2. The van der Waals surface area contributed by atoms with E-state index in [4.69, 9.17) is 0 Å². The Morgan fingerprint density at radius 1 is 1.32 bits per heavy atom. The molecule has 28 heavy (non-hydrogen) atoms. The van der Waals surface area contributed by atoms with Crippen LogP contribution >= 0.6 is 0 Å². The minimum Gasteiger partial charge on any atom is -0.406 e. The molecule has 0 aromatic heterocycles. The largest absolute Gasteiger partial charge is 0.573 e. The van der Waals surface area contributed by atoms with Crippen LogP contribution in [0.3, 0.4) is 0 Å². The number of alkyl halides is 3. The molecule has 0 spiro atoms. The van der Waals surface area contributed by atoms with Gasteiger partial charge in [-0.25, -0.2) is 4.79 Å². The van der Waals surface area contributed by atoms with Crippen molar-refractivity contribution in [1.29, 1.82) is 0 Å². The van der Waals surface area contributed by atoms with E-state index in [2.05, 4.69) is 15.4 Å². The average molecular weight is 399 g/mol. The number of ether oxygens (including phenoxy) is 1. The third-order valence-electron chi connectivity index (χ3n) is 5.55. The summed E-state index contributed by atoms with van der Waals surface area (Å²) in [6.45, 7) is 2.94. The molecule has 2 N–H and O–H groups in total. The van der Waals surface area contributed by atoms with Crippen molar-refractivity contribution in [3.8, 4) is 5.75 Å². The van der Waals surface area contributed by atoms with Crippen molar-refractivity contribution >= 4 is 11.9 Å². The molecule has 1 aliphatic carbocycles. The van der Waals surface area contributed by atoms with Gasteiger partial charge in [0.05, 0.1) is 0 Å². The highest BCUT2D eigenvalue weighted by atomic mass is 19.4. The summed E-state index contributed by atoms with van der Waals surface area (Å²) in [5.74, 6) is -0.268. The SMILES string of the molecule is CC(=O)N1CC[C@@H](NC(=O)NCC2(c3cccc(OC(F)(F)F)c3)CCC2)C1. The van der Waals surface area contributed by atoms with Gasteiger partial charge < -0.3 is 20.3 Å². The number of carbonyl (C=O) groups excluding carboxylic acids is 2. The monoisotopic (exact) mass is 399 g/mol. The Balaban J connectivity index is 1.57. The van der Waals surface area contributed by atoms with Gasteiger partial charge in [-0.05, 0) is 37.0 Å². The van der Waals surface area contributed by atoms with E-state index in [-0.39, 0.29) is 29.1 Å². The van der Waals surface area contributed by atoms with E-state index in [0.29, 0.717) is 26.1 Å². The van der Waals surface area contributed by atoms with Gasteiger partial charge in [-0.2, -0.15) is 0 Å². The lowest BCUT2D eigenvalue weighted by molar-refractivity contribution is -0.274. The normalized spacial score (nSPS) is 21.0. The van der Waals surface area contributed by atoms with Crippen molar-refractivity contribution in [3.05, 3.63) is 29.8 Å². The van der Waals surface area contributed by atoms with Crippen LogP contribution in [0.15, 0.2) is 24.3 Å². The van der Waals surface area contributed by atoms with E-state index in [0.717, 1.165) is 24.8 Å². The first kappa shape index (κ1) is 20.3. The van der Waals surface area contributed by atoms with E-state index in [1.54, 1.807) is 11.0 Å². The first-order valence-corrected chi connectivity index (χ1v) is 9.33. The third-order valence-corrected chi connectivity index (χ3v) is 5.55. The first-order valence-electron chi connectivity index (χ1n) is 9.33. The summed E-state index contributed by atoms with van der Waals surface area (Å²) in [4.78, 5) is 25.3. The maximum Gasteiger partial charge on any atom is 0.573 e. The Kier molecular flexibility index (Phi) is 5.71. The summed E-state index contributed by atoms with van der Waals surface area (Å²) in [7, 11) is 0. The molecular formula is C19H24F3N3O3. The third kappa shape index (κ3) is 4.88. The van der Waals surface area contributed by atoms with E-state index >= 15 is 0 Å². The molecule has 154 valence electrons. The Bertz CT molecular complexity index is 735. The van der Waals surface area contributed by atoms with Crippen LogP contribution in [0.5, 0.6) is 5.75 Å². The molecule has 1 saturated carbocycles. The second kappa shape index (κ2) is 7.89. The van der Waals surface area contributed by atoms with E-state index in [1.165, 1.54) is 25.1 Å². The second-order valence-electron chi connectivity index (χ2n) is 7.49. The van der Waals surface area contributed by atoms with Crippen LogP contribution in [0.25, 0.3) is 0 Å². The van der Waals surface area contributed by atoms with Crippen LogP contribution in [-0.2, 0) is 10.2 Å². The smallest absolute Gasteiger partial charge is 0.406 e. The second-order valence-corrected chi connectivity index (χ2v) is 7.49. The number of hydrogen-bond acceptors (Lipinski definition) is 3. The quantitative estimate of drug-likeness (QED) is 0.800. The number of likely N-dealkylation sites (tertiary alicyclic amines) is 1. The predicted molar refractivity (Wildman–Crippen MR) is 95.8 cm³/mol. The zero-order valence-electron chi connectivity index (χ0n) is 15.6. The van der Waals surface area contributed by atoms with Crippen LogP contribution in [0, 0.1) is 0 Å². The highest BCUT2D eigenvalue weighted by Gasteiger charge is 2.40. The fourth-order valence-electron chi connectivity index (χ4n) is 3.84. The molecule has 1 saturated heterocycles. The molecule has 6 nitrogen and oxygen atoms in total. The average Bonchev–Trinajstić information content (AvgIpc) is 3.01. The van der Waals surface area contributed by atoms with Crippen molar-refractivity contribution in [2.24, 2.45) is 0 Å². The van der Waals surface area contributed by atoms with Gasteiger partial charge in [0.15, 0.2) is 0 Å². The summed E-state index contributed by atoms with van der Waals surface area (Å²) in [5, 5.41) is 5.71. The fourth-order valence-corrected chi connectivity index (χ4v) is 3.84. The molecule has 1 heterocycles. The molecule has 1 atom stereocenters. The van der Waals surface area contributed by atoms with Gasteiger partial charge in [-0.15, -0.1) is 13.2 Å². The molecular weight excluding hydrogens is 375 g/mol. The highest BCUT2D eigenvalue weighted by Crippen LogP contribution is 2.44. The van der Waals surface area contributed by atoms with Crippen LogP contribution in [0.2, 0.25) is 0 Å². The van der Waals surface area contributed by atoms with Crippen molar-refractivity contribution in [3.63, 3.8) is 0 Å². The lowest BCUT2D eigenvalue weighted by atomic mass is 9.64. The van der Waals surface area contributed by atoms with Crippen LogP contribution in [-0.4, -0.2) is 48.9 Å². The Labute approximate surface area is 161 Å². The van der Waals surface area contributed by atoms with Gasteiger partial charge in [-0.1, -0.05) is 18.6 Å². The van der Waals surface area contributed by atoms with Crippen LogP contribution in [0.1, 0.15) is 38.2 Å². The molecule has 2 fully saturated rings. The number of nitrogens with zero attached hydrogens (tertiary/aromatic N) is 1.